The topological polar surface area (TPSA) is 104 Å². The first-order valence-electron chi connectivity index (χ1n) is 13.3. The molecular weight excluding hydrogens is 585 g/mol. The van der Waals surface area contributed by atoms with E-state index in [2.05, 4.69) is 5.32 Å². The van der Waals surface area contributed by atoms with Crippen LogP contribution in [0.25, 0.3) is 0 Å². The van der Waals surface area contributed by atoms with Gasteiger partial charge in [-0.2, -0.15) is 0 Å². The van der Waals surface area contributed by atoms with E-state index in [9.17, 15) is 22.8 Å². The number of hydrogen-bond donors (Lipinski definition) is 1. The number of amides is 3. The summed E-state index contributed by atoms with van der Waals surface area (Å²) in [6.07, 6.45) is 0.927. The molecule has 11 heteroatoms. The zero-order chi connectivity index (χ0) is 29.6. The molecule has 0 spiro atoms. The van der Waals surface area contributed by atoms with Gasteiger partial charge in [0.25, 0.3) is 15.9 Å². The third-order valence-electron chi connectivity index (χ3n) is 6.87. The average Bonchev–Trinajstić information content (AvgIpc) is 3.16. The molecule has 0 radical (unpaired) electrons. The van der Waals surface area contributed by atoms with Gasteiger partial charge >= 0.3 is 0 Å². The molecule has 0 aromatic heterocycles. The molecule has 41 heavy (non-hydrogen) atoms. The minimum atomic E-state index is -3.99. The monoisotopic (exact) mass is 615 g/mol. The highest BCUT2D eigenvalue weighted by Crippen LogP contribution is 2.31. The highest BCUT2D eigenvalue weighted by Gasteiger charge is 2.40. The number of carbonyl (C=O) groups excluding carboxylic acids is 3. The number of carbonyl (C=O) groups is 3. The number of benzene rings is 3. The lowest BCUT2D eigenvalue weighted by Crippen LogP contribution is -2.50. The van der Waals surface area contributed by atoms with Gasteiger partial charge in [0.2, 0.25) is 11.8 Å². The van der Waals surface area contributed by atoms with E-state index in [0.29, 0.717) is 22.2 Å². The van der Waals surface area contributed by atoms with Crippen molar-refractivity contribution in [1.82, 2.24) is 14.5 Å². The number of fused-ring (bicyclic) bond motifs is 1. The van der Waals surface area contributed by atoms with Crippen LogP contribution in [0.5, 0.6) is 0 Å². The Morgan fingerprint density at radius 3 is 2.27 bits per heavy atom. The van der Waals surface area contributed by atoms with Crippen molar-refractivity contribution in [2.24, 2.45) is 0 Å². The molecule has 1 aliphatic heterocycles. The van der Waals surface area contributed by atoms with E-state index in [1.807, 2.05) is 37.3 Å². The summed E-state index contributed by atoms with van der Waals surface area (Å²) in [7, 11) is -3.99. The molecule has 0 bridgehead atoms. The second kappa shape index (κ2) is 13.5. The molecule has 1 aliphatic rings. The lowest BCUT2D eigenvalue weighted by Gasteiger charge is -2.32. The first-order chi connectivity index (χ1) is 19.6. The molecule has 0 fully saturated rings. The molecule has 1 N–H and O–H groups in total. The second-order valence-corrected chi connectivity index (χ2v) is 12.3. The van der Waals surface area contributed by atoms with E-state index >= 15 is 0 Å². The van der Waals surface area contributed by atoms with Crippen molar-refractivity contribution in [3.05, 3.63) is 99.5 Å². The number of hydrogen-bond acceptors (Lipinski definition) is 5. The fourth-order valence-electron chi connectivity index (χ4n) is 4.74. The summed E-state index contributed by atoms with van der Waals surface area (Å²) in [5.41, 5.74) is 1.47. The molecule has 8 nitrogen and oxygen atoms in total. The lowest BCUT2D eigenvalue weighted by atomic mass is 10.0. The third-order valence-corrected chi connectivity index (χ3v) is 9.42. The average molecular weight is 617 g/mol. The van der Waals surface area contributed by atoms with Crippen LogP contribution in [0.4, 0.5) is 0 Å². The van der Waals surface area contributed by atoms with Crippen molar-refractivity contribution >= 4 is 50.9 Å². The zero-order valence-corrected chi connectivity index (χ0v) is 24.9. The van der Waals surface area contributed by atoms with Crippen molar-refractivity contribution in [2.45, 2.75) is 50.1 Å². The maximum atomic E-state index is 13.8. The van der Waals surface area contributed by atoms with E-state index in [4.69, 9.17) is 23.2 Å². The Bertz CT molecular complexity index is 1510. The normalized spacial score (nSPS) is 14.4. The molecule has 3 aromatic rings. The van der Waals surface area contributed by atoms with E-state index < -0.39 is 27.9 Å². The summed E-state index contributed by atoms with van der Waals surface area (Å²) in [5, 5.41) is 3.61. The van der Waals surface area contributed by atoms with Gasteiger partial charge in [0.15, 0.2) is 0 Å². The van der Waals surface area contributed by atoms with Crippen LogP contribution < -0.4 is 5.32 Å². The van der Waals surface area contributed by atoms with Crippen LogP contribution in [0, 0.1) is 0 Å². The van der Waals surface area contributed by atoms with E-state index in [0.717, 1.165) is 16.3 Å². The predicted octanol–water partition coefficient (Wildman–Crippen LogP) is 5.08. The molecule has 0 aliphatic carbocycles. The first-order valence-corrected chi connectivity index (χ1v) is 15.5. The maximum Gasteiger partial charge on any atom is 0.269 e. The van der Waals surface area contributed by atoms with Crippen molar-refractivity contribution in [1.29, 1.82) is 0 Å². The molecule has 0 saturated carbocycles. The molecule has 3 amide bonds. The number of sulfonamides is 1. The Hall–Kier alpha value is -3.40. The van der Waals surface area contributed by atoms with E-state index in [1.165, 1.54) is 17.0 Å². The summed E-state index contributed by atoms with van der Waals surface area (Å²) in [4.78, 5) is 41.5. The van der Waals surface area contributed by atoms with E-state index in [-0.39, 0.29) is 48.7 Å². The van der Waals surface area contributed by atoms with Gasteiger partial charge in [-0.15, -0.1) is 0 Å². The highest BCUT2D eigenvalue weighted by molar-refractivity contribution is 7.90. The number of halogens is 2. The van der Waals surface area contributed by atoms with Crippen LogP contribution in [0.15, 0.2) is 77.7 Å². The molecule has 216 valence electrons. The molecule has 4 rings (SSSR count). The van der Waals surface area contributed by atoms with Crippen LogP contribution in [-0.4, -0.2) is 54.5 Å². The van der Waals surface area contributed by atoms with Gasteiger partial charge in [0.05, 0.1) is 5.56 Å². The van der Waals surface area contributed by atoms with Crippen molar-refractivity contribution in [3.8, 4) is 0 Å². The molecule has 1 atom stereocenters. The fourth-order valence-corrected chi connectivity index (χ4v) is 6.87. The summed E-state index contributed by atoms with van der Waals surface area (Å²) in [6.45, 7) is 2.17. The van der Waals surface area contributed by atoms with Crippen LogP contribution in [0.1, 0.15) is 47.7 Å². The number of nitrogens with zero attached hydrogens (tertiary/aromatic N) is 2. The van der Waals surface area contributed by atoms with Crippen molar-refractivity contribution in [2.75, 3.05) is 13.1 Å². The van der Waals surface area contributed by atoms with Crippen LogP contribution in [0.3, 0.4) is 0 Å². The maximum absolute atomic E-state index is 13.8. The minimum absolute atomic E-state index is 0.0270. The number of rotatable bonds is 12. The van der Waals surface area contributed by atoms with Gasteiger partial charge in [-0.3, -0.25) is 14.4 Å². The summed E-state index contributed by atoms with van der Waals surface area (Å²) < 4.78 is 26.7. The predicted molar refractivity (Wildman–Crippen MR) is 158 cm³/mol. The highest BCUT2D eigenvalue weighted by atomic mass is 35.5. The van der Waals surface area contributed by atoms with Gasteiger partial charge in [-0.25, -0.2) is 12.7 Å². The zero-order valence-electron chi connectivity index (χ0n) is 22.6. The molecular formula is C30H31Cl2N3O5S. The molecule has 3 aromatic carbocycles. The Balaban J connectivity index is 1.59. The third kappa shape index (κ3) is 6.92. The van der Waals surface area contributed by atoms with Crippen LogP contribution >= 0.6 is 23.2 Å². The fraction of sp³-hybridized carbons (Fsp3) is 0.300. The van der Waals surface area contributed by atoms with Gasteiger partial charge in [-0.1, -0.05) is 78.7 Å². The van der Waals surface area contributed by atoms with Crippen LogP contribution in [-0.2, 0) is 32.6 Å². The Kier molecular flexibility index (Phi) is 10.1. The van der Waals surface area contributed by atoms with E-state index in [1.54, 1.807) is 30.3 Å². The summed E-state index contributed by atoms with van der Waals surface area (Å²) in [6, 6.07) is 19.5. The largest absolute Gasteiger partial charge is 0.354 e. The number of nitrogens with one attached hydrogen (secondary N) is 1. The molecule has 0 unspecified atom stereocenters. The lowest BCUT2D eigenvalue weighted by molar-refractivity contribution is -0.141. The minimum Gasteiger partial charge on any atom is -0.354 e. The Labute approximate surface area is 250 Å². The van der Waals surface area contributed by atoms with Gasteiger partial charge in [-0.05, 0) is 42.7 Å². The van der Waals surface area contributed by atoms with Crippen LogP contribution in [0.2, 0.25) is 10.0 Å². The Morgan fingerprint density at radius 1 is 0.951 bits per heavy atom. The molecule has 0 saturated heterocycles. The summed E-state index contributed by atoms with van der Waals surface area (Å²) >= 11 is 12.9. The van der Waals surface area contributed by atoms with Gasteiger partial charge < -0.3 is 10.2 Å². The van der Waals surface area contributed by atoms with Crippen molar-refractivity contribution in [3.63, 3.8) is 0 Å². The van der Waals surface area contributed by atoms with Crippen molar-refractivity contribution < 1.29 is 22.8 Å². The molecule has 1 heterocycles. The second-order valence-electron chi connectivity index (χ2n) is 9.70. The SMILES string of the molecule is CCCNC(=O)[C@H](Cc1ccccc1)N(Cc1c(Cl)cccc1Cl)C(=O)CCCN1C(=O)c2ccccc2S1(=O)=O. The van der Waals surface area contributed by atoms with Gasteiger partial charge in [0.1, 0.15) is 10.9 Å². The smallest absolute Gasteiger partial charge is 0.269 e. The quantitative estimate of drug-likeness (QED) is 0.306. The van der Waals surface area contributed by atoms with Gasteiger partial charge in [0, 0.05) is 48.1 Å². The summed E-state index contributed by atoms with van der Waals surface area (Å²) in [5.74, 6) is -1.33. The standard InChI is InChI=1S/C30H31Cl2N3O5S/c1-2-17-33-29(37)26(19-21-10-4-3-5-11-21)34(20-23-24(31)13-8-14-25(23)32)28(36)16-9-18-35-30(38)22-12-6-7-15-27(22)41(35,39)40/h3-8,10-15,26H,2,9,16-20H2,1H3,(H,33,37)/t26-/m0/s1. The first kappa shape index (κ1) is 30.6. The Morgan fingerprint density at radius 2 is 1.61 bits per heavy atom.